The van der Waals surface area contributed by atoms with Gasteiger partial charge in [-0.3, -0.25) is 4.90 Å². The fourth-order valence-corrected chi connectivity index (χ4v) is 0.609. The van der Waals surface area contributed by atoms with Gasteiger partial charge in [0.1, 0.15) is 6.23 Å². The topological polar surface area (TPSA) is 48.2 Å². The second kappa shape index (κ2) is 9.68. The third-order valence-corrected chi connectivity index (χ3v) is 1.39. The van der Waals surface area contributed by atoms with E-state index in [1.807, 2.05) is 21.0 Å². The molecule has 13 heavy (non-hydrogen) atoms. The minimum Gasteiger partial charge on any atom is -0.378 e. The Labute approximate surface area is 85.8 Å². The van der Waals surface area contributed by atoms with E-state index in [0.29, 0.717) is 19.5 Å². The largest absolute Gasteiger partial charge is 0.378 e. The highest BCUT2D eigenvalue weighted by Crippen LogP contribution is 1.93. The first-order valence-electron chi connectivity index (χ1n) is 4.11. The summed E-state index contributed by atoms with van der Waals surface area (Å²) in [6.07, 6.45) is 0.205. The number of aliphatic imine (C=N–C) groups is 2. The van der Waals surface area contributed by atoms with Crippen LogP contribution in [-0.2, 0) is 0 Å². The molecule has 0 fully saturated rings. The molecule has 0 radical (unpaired) electrons. The molecule has 0 aromatic carbocycles. The molecule has 0 spiro atoms. The average Bonchev–Trinajstić information content (AvgIpc) is 2.03. The maximum absolute atomic E-state index is 9.29. The Morgan fingerprint density at radius 3 is 2.46 bits per heavy atom. The summed E-state index contributed by atoms with van der Waals surface area (Å²) in [6.45, 7) is 3.21. The monoisotopic (exact) mass is 207 g/mol. The number of nitrogens with zero attached hydrogens (tertiary/aromatic N) is 3. The smallest absolute Gasteiger partial charge is 0.108 e. The van der Waals surface area contributed by atoms with Crippen molar-refractivity contribution in [2.75, 3.05) is 27.2 Å². The van der Waals surface area contributed by atoms with E-state index in [2.05, 4.69) is 16.0 Å². The first-order chi connectivity index (χ1) is 5.68. The van der Waals surface area contributed by atoms with E-state index in [-0.39, 0.29) is 12.4 Å². The molecule has 0 saturated carbocycles. The van der Waals surface area contributed by atoms with Gasteiger partial charge in [0.05, 0.1) is 12.6 Å². The van der Waals surface area contributed by atoms with Gasteiger partial charge in [0.25, 0.3) is 0 Å². The Bertz CT molecular complexity index is 167. The predicted octanol–water partition coefficient (Wildman–Crippen LogP) is 0.872. The minimum absolute atomic E-state index is 0. The van der Waals surface area contributed by atoms with Crippen molar-refractivity contribution >= 4 is 18.4 Å². The van der Waals surface area contributed by atoms with Gasteiger partial charge in [-0.1, -0.05) is 0 Å². The van der Waals surface area contributed by atoms with Crippen molar-refractivity contribution in [3.63, 3.8) is 0 Å². The lowest BCUT2D eigenvalue weighted by Gasteiger charge is -2.16. The molecule has 0 bridgehead atoms. The minimum atomic E-state index is -0.419. The van der Waals surface area contributed by atoms with Gasteiger partial charge in [0.15, 0.2) is 0 Å². The molecular weight excluding hydrogens is 190 g/mol. The van der Waals surface area contributed by atoms with Crippen LogP contribution < -0.4 is 0 Å². The first-order valence-corrected chi connectivity index (χ1v) is 4.11. The van der Waals surface area contributed by atoms with E-state index in [0.717, 1.165) is 0 Å². The van der Waals surface area contributed by atoms with Crippen molar-refractivity contribution in [3.8, 4) is 0 Å². The van der Waals surface area contributed by atoms with E-state index >= 15 is 0 Å². The third kappa shape index (κ3) is 9.50. The van der Waals surface area contributed by atoms with Gasteiger partial charge in [0, 0.05) is 13.0 Å². The molecule has 0 rings (SSSR count). The molecule has 1 N–H and O–H groups in total. The summed E-state index contributed by atoms with van der Waals surface area (Å²) in [5.74, 6) is 0. The van der Waals surface area contributed by atoms with Gasteiger partial charge in [-0.25, -0.2) is 9.98 Å². The van der Waals surface area contributed by atoms with Crippen LogP contribution in [0.15, 0.2) is 9.98 Å². The molecule has 78 valence electrons. The fraction of sp³-hybridized carbons (Fsp3) is 0.875. The Morgan fingerprint density at radius 1 is 1.38 bits per heavy atom. The molecular formula is C8H18ClN3O. The Kier molecular flexibility index (Phi) is 11.2. The van der Waals surface area contributed by atoms with Crippen molar-refractivity contribution in [2.45, 2.75) is 19.6 Å². The standard InChI is InChI=1S/C8H17N3O.ClH/c1-4-9-7-10-6-5-8(12)11(2)3;/h8,12H,4-6H2,1-3H3;1H. The van der Waals surface area contributed by atoms with E-state index < -0.39 is 6.23 Å². The summed E-state index contributed by atoms with van der Waals surface area (Å²) in [7, 11) is 3.66. The quantitative estimate of drug-likeness (QED) is 0.537. The SMILES string of the molecule is CCN=C=NCCC(O)N(C)C.Cl. The highest BCUT2D eigenvalue weighted by molar-refractivity contribution is 5.85. The lowest BCUT2D eigenvalue weighted by Crippen LogP contribution is -2.27. The second-order valence-corrected chi connectivity index (χ2v) is 2.69. The summed E-state index contributed by atoms with van der Waals surface area (Å²) in [6, 6.07) is 2.55. The second-order valence-electron chi connectivity index (χ2n) is 2.69. The number of rotatable bonds is 5. The van der Waals surface area contributed by atoms with Gasteiger partial charge in [0.2, 0.25) is 0 Å². The summed E-state index contributed by atoms with van der Waals surface area (Å²) < 4.78 is 0. The highest BCUT2D eigenvalue weighted by atomic mass is 35.5. The molecule has 0 aliphatic heterocycles. The zero-order valence-corrected chi connectivity index (χ0v) is 9.21. The van der Waals surface area contributed by atoms with Crippen LogP contribution in [0.2, 0.25) is 0 Å². The van der Waals surface area contributed by atoms with Crippen LogP contribution in [-0.4, -0.2) is 49.4 Å². The number of aliphatic hydroxyl groups is 1. The lowest BCUT2D eigenvalue weighted by atomic mass is 10.3. The van der Waals surface area contributed by atoms with Crippen LogP contribution in [0.3, 0.4) is 0 Å². The molecule has 1 atom stereocenters. The number of aliphatic hydroxyl groups excluding tert-OH is 1. The van der Waals surface area contributed by atoms with Crippen LogP contribution in [0, 0.1) is 0 Å². The van der Waals surface area contributed by atoms with E-state index in [1.165, 1.54) is 0 Å². The predicted molar refractivity (Wildman–Crippen MR) is 56.8 cm³/mol. The van der Waals surface area contributed by atoms with Gasteiger partial charge in [-0.05, 0) is 21.0 Å². The molecule has 0 aliphatic rings. The molecule has 4 nitrogen and oxygen atoms in total. The first kappa shape index (κ1) is 15.1. The van der Waals surface area contributed by atoms with Gasteiger partial charge < -0.3 is 5.11 Å². The van der Waals surface area contributed by atoms with E-state index in [9.17, 15) is 5.11 Å². The Balaban J connectivity index is 0. The number of hydrogen-bond acceptors (Lipinski definition) is 4. The van der Waals surface area contributed by atoms with Crippen LogP contribution in [0.25, 0.3) is 0 Å². The van der Waals surface area contributed by atoms with Crippen LogP contribution in [0.4, 0.5) is 0 Å². The van der Waals surface area contributed by atoms with Crippen molar-refractivity contribution in [1.29, 1.82) is 0 Å². The maximum Gasteiger partial charge on any atom is 0.108 e. The molecule has 1 unspecified atom stereocenters. The van der Waals surface area contributed by atoms with Crippen molar-refractivity contribution in [3.05, 3.63) is 0 Å². The Hall–Kier alpha value is -0.410. The highest BCUT2D eigenvalue weighted by Gasteiger charge is 2.03. The molecule has 0 heterocycles. The fourth-order valence-electron chi connectivity index (χ4n) is 0.609. The summed E-state index contributed by atoms with van der Waals surface area (Å²) in [4.78, 5) is 9.42. The summed E-state index contributed by atoms with van der Waals surface area (Å²) in [5.41, 5.74) is 0. The van der Waals surface area contributed by atoms with Gasteiger partial charge in [-0.2, -0.15) is 0 Å². The van der Waals surface area contributed by atoms with Crippen molar-refractivity contribution in [1.82, 2.24) is 4.90 Å². The van der Waals surface area contributed by atoms with E-state index in [4.69, 9.17) is 0 Å². The van der Waals surface area contributed by atoms with Crippen LogP contribution in [0.1, 0.15) is 13.3 Å². The zero-order valence-electron chi connectivity index (χ0n) is 8.40. The van der Waals surface area contributed by atoms with Crippen molar-refractivity contribution in [2.24, 2.45) is 9.98 Å². The molecule has 0 aliphatic carbocycles. The van der Waals surface area contributed by atoms with Crippen LogP contribution >= 0.6 is 12.4 Å². The average molecular weight is 208 g/mol. The maximum atomic E-state index is 9.29. The zero-order chi connectivity index (χ0) is 9.40. The molecule has 0 saturated heterocycles. The molecule has 0 aromatic rings. The molecule has 0 aromatic heterocycles. The summed E-state index contributed by atoms with van der Waals surface area (Å²) in [5, 5.41) is 9.29. The normalized spacial score (nSPS) is 11.5. The Morgan fingerprint density at radius 2 is 2.00 bits per heavy atom. The van der Waals surface area contributed by atoms with Crippen LogP contribution in [0.5, 0.6) is 0 Å². The number of halogens is 1. The van der Waals surface area contributed by atoms with Gasteiger partial charge in [-0.15, -0.1) is 12.4 Å². The van der Waals surface area contributed by atoms with E-state index in [1.54, 1.807) is 4.90 Å². The number of hydrogen-bond donors (Lipinski definition) is 1. The van der Waals surface area contributed by atoms with Gasteiger partial charge >= 0.3 is 0 Å². The lowest BCUT2D eigenvalue weighted by molar-refractivity contribution is 0.0358. The molecule has 0 amide bonds. The summed E-state index contributed by atoms with van der Waals surface area (Å²) >= 11 is 0. The third-order valence-electron chi connectivity index (χ3n) is 1.39. The molecule has 5 heteroatoms. The van der Waals surface area contributed by atoms with Crippen molar-refractivity contribution < 1.29 is 5.11 Å².